The fourth-order valence-corrected chi connectivity index (χ4v) is 4.16. The van der Waals surface area contributed by atoms with E-state index in [4.69, 9.17) is 49.0 Å². The number of hydrogen-bond donors (Lipinski definition) is 0. The summed E-state index contributed by atoms with van der Waals surface area (Å²) in [7, 11) is 0. The molecule has 0 spiro atoms. The number of nitrogens with zero attached hydrogens (tertiary/aromatic N) is 3. The Balaban J connectivity index is 0.000000299. The van der Waals surface area contributed by atoms with E-state index in [0.29, 0.717) is 33.9 Å². The van der Waals surface area contributed by atoms with Gasteiger partial charge in [-0.15, -0.1) is 0 Å². The van der Waals surface area contributed by atoms with Crippen LogP contribution in [0.15, 0.2) is 30.9 Å². The zero-order valence-electron chi connectivity index (χ0n) is 23.7. The van der Waals surface area contributed by atoms with Gasteiger partial charge in [0, 0.05) is 24.0 Å². The lowest BCUT2D eigenvalue weighted by molar-refractivity contribution is -0.173. The van der Waals surface area contributed by atoms with Crippen LogP contribution in [0.5, 0.6) is 5.75 Å². The molecule has 0 unspecified atom stereocenters. The molecule has 12 nitrogen and oxygen atoms in total. The minimum absolute atomic E-state index is 0.152. The molecule has 2 atom stereocenters. The van der Waals surface area contributed by atoms with Crippen molar-refractivity contribution in [2.24, 2.45) is 11.8 Å². The molecule has 15 heteroatoms. The van der Waals surface area contributed by atoms with E-state index in [1.165, 1.54) is 10.9 Å². The SMILES string of the molecule is CC(C)C(=O)O[C@@H]1C(=O)OC(=O)[C@H]1OC(=O)C(C)C.CCCN(CCOc1c(Cl)cc(Cl)cc1Cl)C(=O)n1ccnc1. The van der Waals surface area contributed by atoms with Crippen LogP contribution in [-0.2, 0) is 33.4 Å². The summed E-state index contributed by atoms with van der Waals surface area (Å²) < 4.78 is 21.0. The normalized spacial score (nSPS) is 16.0. The predicted molar refractivity (Wildman–Crippen MR) is 152 cm³/mol. The van der Waals surface area contributed by atoms with E-state index < -0.39 is 47.9 Å². The first-order chi connectivity index (χ1) is 19.8. The Morgan fingerprint density at radius 3 is 1.90 bits per heavy atom. The topological polar surface area (TPSA) is 143 Å². The summed E-state index contributed by atoms with van der Waals surface area (Å²) >= 11 is 18.0. The summed E-state index contributed by atoms with van der Waals surface area (Å²) in [5.41, 5.74) is 0. The molecule has 0 radical (unpaired) electrons. The summed E-state index contributed by atoms with van der Waals surface area (Å²) in [6, 6.07) is 2.97. The molecule has 0 N–H and O–H groups in total. The Morgan fingerprint density at radius 1 is 0.952 bits per heavy atom. The number of halogens is 3. The van der Waals surface area contributed by atoms with Gasteiger partial charge in [-0.05, 0) is 18.6 Å². The van der Waals surface area contributed by atoms with Gasteiger partial charge >= 0.3 is 29.9 Å². The minimum Gasteiger partial charge on any atom is -0.489 e. The number of ether oxygens (including phenoxy) is 4. The van der Waals surface area contributed by atoms with Gasteiger partial charge in [0.15, 0.2) is 5.75 Å². The van der Waals surface area contributed by atoms with Crippen LogP contribution >= 0.6 is 34.8 Å². The molecule has 2 aromatic rings. The number of carbonyl (C=O) groups excluding carboxylic acids is 5. The van der Waals surface area contributed by atoms with Gasteiger partial charge in [0.05, 0.1) is 28.4 Å². The van der Waals surface area contributed by atoms with Crippen molar-refractivity contribution in [3.63, 3.8) is 0 Å². The molecule has 1 aromatic carbocycles. The lowest BCUT2D eigenvalue weighted by Crippen LogP contribution is -2.39. The standard InChI is InChI=1S/C15H16Cl3N3O2.C12H16O7/c1-2-4-20(15(22)21-5-3-19-10-21)6-7-23-14-12(17)8-11(16)9-13(14)18;1-5(2)9(13)17-7-8(12(16)19-11(7)15)18-10(14)6(3)4/h3,5,8-10H,2,4,6-7H2,1H3;5-8H,1-4H3/t;7-,8-/m.0/s1. The van der Waals surface area contributed by atoms with Crippen molar-refractivity contribution < 1.29 is 42.9 Å². The third-order valence-corrected chi connectivity index (χ3v) is 6.21. The molecular formula is C27H32Cl3N3O9. The van der Waals surface area contributed by atoms with Gasteiger partial charge < -0.3 is 23.8 Å². The van der Waals surface area contributed by atoms with Crippen LogP contribution in [0, 0.1) is 11.8 Å². The Kier molecular flexibility index (Phi) is 13.5. The number of imidazole rings is 1. The van der Waals surface area contributed by atoms with E-state index in [1.54, 1.807) is 57.1 Å². The highest BCUT2D eigenvalue weighted by Gasteiger charge is 2.50. The highest BCUT2D eigenvalue weighted by Crippen LogP contribution is 2.35. The summed E-state index contributed by atoms with van der Waals surface area (Å²) in [6.45, 7) is 9.56. The van der Waals surface area contributed by atoms with Crippen molar-refractivity contribution >= 4 is 64.7 Å². The van der Waals surface area contributed by atoms with Crippen molar-refractivity contribution in [1.82, 2.24) is 14.5 Å². The molecule has 3 rings (SSSR count). The van der Waals surface area contributed by atoms with Crippen LogP contribution in [0.2, 0.25) is 15.1 Å². The van der Waals surface area contributed by atoms with Gasteiger partial charge in [-0.1, -0.05) is 69.4 Å². The second kappa shape index (κ2) is 16.3. The molecule has 1 aliphatic heterocycles. The smallest absolute Gasteiger partial charge is 0.359 e. The van der Waals surface area contributed by atoms with Crippen molar-refractivity contribution in [2.75, 3.05) is 19.7 Å². The molecule has 42 heavy (non-hydrogen) atoms. The maximum atomic E-state index is 12.3. The van der Waals surface area contributed by atoms with E-state index >= 15 is 0 Å². The third kappa shape index (κ3) is 9.88. The Hall–Kier alpha value is -3.35. The monoisotopic (exact) mass is 647 g/mol. The maximum Gasteiger partial charge on any atom is 0.359 e. The average Bonchev–Trinajstić information content (AvgIpc) is 3.54. The fourth-order valence-electron chi connectivity index (χ4n) is 3.24. The number of benzene rings is 1. The highest BCUT2D eigenvalue weighted by atomic mass is 35.5. The van der Waals surface area contributed by atoms with Gasteiger partial charge in [0.25, 0.3) is 0 Å². The lowest BCUT2D eigenvalue weighted by atomic mass is 10.2. The largest absolute Gasteiger partial charge is 0.489 e. The summed E-state index contributed by atoms with van der Waals surface area (Å²) in [5.74, 6) is -4.01. The summed E-state index contributed by atoms with van der Waals surface area (Å²) in [6.07, 6.45) is 2.43. The van der Waals surface area contributed by atoms with Crippen molar-refractivity contribution in [1.29, 1.82) is 0 Å². The van der Waals surface area contributed by atoms with E-state index in [2.05, 4.69) is 9.72 Å². The minimum atomic E-state index is -1.52. The Bertz CT molecular complexity index is 1210. The molecule has 1 aromatic heterocycles. The van der Waals surface area contributed by atoms with Crippen LogP contribution in [0.3, 0.4) is 0 Å². The number of rotatable bonds is 10. The van der Waals surface area contributed by atoms with E-state index in [1.807, 2.05) is 6.92 Å². The van der Waals surface area contributed by atoms with E-state index in [-0.39, 0.29) is 12.6 Å². The number of amides is 1. The second-order valence-corrected chi connectivity index (χ2v) is 10.8. The van der Waals surface area contributed by atoms with E-state index in [9.17, 15) is 24.0 Å². The second-order valence-electron chi connectivity index (χ2n) is 9.55. The Labute approximate surface area is 258 Å². The zero-order valence-corrected chi connectivity index (χ0v) is 25.9. The fraction of sp³-hybridized carbons (Fsp3) is 0.481. The van der Waals surface area contributed by atoms with Gasteiger partial charge in [-0.25, -0.2) is 19.4 Å². The lowest BCUT2D eigenvalue weighted by Gasteiger charge is -2.22. The van der Waals surface area contributed by atoms with Crippen molar-refractivity contribution in [2.45, 2.75) is 53.2 Å². The molecule has 1 aliphatic rings. The van der Waals surface area contributed by atoms with Crippen molar-refractivity contribution in [3.05, 3.63) is 45.9 Å². The third-order valence-electron chi connectivity index (χ3n) is 5.43. The maximum absolute atomic E-state index is 12.3. The molecule has 2 heterocycles. The number of carbonyl (C=O) groups is 5. The molecule has 0 saturated carbocycles. The predicted octanol–water partition coefficient (Wildman–Crippen LogP) is 4.81. The molecule has 1 amide bonds. The zero-order chi connectivity index (χ0) is 31.6. The molecule has 230 valence electrons. The van der Waals surface area contributed by atoms with Crippen molar-refractivity contribution in [3.8, 4) is 5.75 Å². The van der Waals surface area contributed by atoms with Crippen LogP contribution in [0.1, 0.15) is 41.0 Å². The highest BCUT2D eigenvalue weighted by molar-refractivity contribution is 6.40. The Morgan fingerprint density at radius 2 is 1.48 bits per heavy atom. The molecule has 0 aliphatic carbocycles. The van der Waals surface area contributed by atoms with Gasteiger partial charge in [0.1, 0.15) is 12.9 Å². The molecular weight excluding hydrogens is 617 g/mol. The van der Waals surface area contributed by atoms with Gasteiger partial charge in [-0.3, -0.25) is 14.2 Å². The van der Waals surface area contributed by atoms with Gasteiger partial charge in [0.2, 0.25) is 12.2 Å². The number of cyclic esters (lactones) is 2. The summed E-state index contributed by atoms with van der Waals surface area (Å²) in [4.78, 5) is 63.6. The first kappa shape index (κ1) is 34.8. The van der Waals surface area contributed by atoms with Crippen LogP contribution in [0.4, 0.5) is 4.79 Å². The van der Waals surface area contributed by atoms with Crippen LogP contribution in [0.25, 0.3) is 0 Å². The average molecular weight is 649 g/mol. The van der Waals surface area contributed by atoms with Crippen LogP contribution < -0.4 is 4.74 Å². The number of hydrogen-bond acceptors (Lipinski definition) is 10. The molecule has 1 fully saturated rings. The van der Waals surface area contributed by atoms with Crippen LogP contribution in [-0.4, -0.2) is 76.3 Å². The molecule has 1 saturated heterocycles. The summed E-state index contributed by atoms with van der Waals surface area (Å²) in [5, 5.41) is 1.12. The first-order valence-corrected chi connectivity index (χ1v) is 14.1. The first-order valence-electron chi connectivity index (χ1n) is 13.0. The quantitative estimate of drug-likeness (QED) is 0.200. The number of esters is 4. The van der Waals surface area contributed by atoms with Gasteiger partial charge in [-0.2, -0.15) is 0 Å². The van der Waals surface area contributed by atoms with E-state index in [0.717, 1.165) is 6.42 Å². The molecule has 0 bridgehead atoms. The number of aromatic nitrogens is 2.